The molecule has 0 unspecified atom stereocenters. The number of amides is 1. The minimum absolute atomic E-state index is 0.0509. The van der Waals surface area contributed by atoms with Crippen LogP contribution in [-0.2, 0) is 7.05 Å². The summed E-state index contributed by atoms with van der Waals surface area (Å²) in [6.07, 6.45) is 5.52. The minimum Gasteiger partial charge on any atom is -0.351 e. The van der Waals surface area contributed by atoms with Gasteiger partial charge in [0.1, 0.15) is 0 Å². The number of carbonyl (C=O) groups is 1. The van der Waals surface area contributed by atoms with Gasteiger partial charge in [-0.3, -0.25) is 9.48 Å². The zero-order chi connectivity index (χ0) is 12.9. The van der Waals surface area contributed by atoms with Gasteiger partial charge in [-0.1, -0.05) is 29.8 Å². The average Bonchev–Trinajstić information content (AvgIpc) is 2.70. The number of hydrogen-bond donors (Lipinski definition) is 1. The first-order valence-electron chi connectivity index (χ1n) is 5.77. The summed E-state index contributed by atoms with van der Waals surface area (Å²) in [7, 11) is 1.80. The van der Waals surface area contributed by atoms with E-state index >= 15 is 0 Å². The van der Waals surface area contributed by atoms with Crippen molar-refractivity contribution in [1.82, 2.24) is 15.1 Å². The lowest BCUT2D eigenvalue weighted by Crippen LogP contribution is -2.33. The molecule has 1 N–H and O–H groups in total. The topological polar surface area (TPSA) is 46.9 Å². The first-order chi connectivity index (χ1) is 7.94. The molecule has 0 fully saturated rings. The number of hydrogen-bond acceptors (Lipinski definition) is 2. The predicted molar refractivity (Wildman–Crippen MR) is 72.4 cm³/mol. The summed E-state index contributed by atoms with van der Waals surface area (Å²) >= 11 is 3.42. The first kappa shape index (κ1) is 14.2. The van der Waals surface area contributed by atoms with Crippen LogP contribution in [0.4, 0.5) is 0 Å². The van der Waals surface area contributed by atoms with Crippen molar-refractivity contribution in [3.05, 3.63) is 18.0 Å². The van der Waals surface area contributed by atoms with Gasteiger partial charge in [0, 0.05) is 25.1 Å². The molecule has 1 aromatic heterocycles. The van der Waals surface area contributed by atoms with Gasteiger partial charge in [-0.25, -0.2) is 0 Å². The Hall–Kier alpha value is -0.840. The number of nitrogens with one attached hydrogen (secondary N) is 1. The third-order valence-electron chi connectivity index (χ3n) is 2.68. The van der Waals surface area contributed by atoms with E-state index in [1.807, 2.05) is 0 Å². The van der Waals surface area contributed by atoms with Crippen LogP contribution in [-0.4, -0.2) is 27.6 Å². The van der Waals surface area contributed by atoms with E-state index < -0.39 is 0 Å². The highest BCUT2D eigenvalue weighted by atomic mass is 79.9. The highest BCUT2D eigenvalue weighted by Gasteiger charge is 2.19. The molecule has 0 aliphatic carbocycles. The van der Waals surface area contributed by atoms with E-state index in [4.69, 9.17) is 0 Å². The minimum atomic E-state index is -0.0509. The summed E-state index contributed by atoms with van der Waals surface area (Å²) in [6, 6.07) is 0. The summed E-state index contributed by atoms with van der Waals surface area (Å²) in [5.41, 5.74) is 0.745. The standard InChI is InChI=1S/C12H20BrN3O/c1-12(2,5-4-6-13)9-14-11(17)10-7-15-16(3)8-10/h7-8H,4-6,9H2,1-3H3,(H,14,17). The second-order valence-electron chi connectivity index (χ2n) is 5.04. The molecule has 0 bridgehead atoms. The molecule has 0 radical (unpaired) electrons. The maximum absolute atomic E-state index is 11.8. The van der Waals surface area contributed by atoms with Crippen molar-refractivity contribution in [2.75, 3.05) is 11.9 Å². The van der Waals surface area contributed by atoms with Crippen LogP contribution < -0.4 is 5.32 Å². The molecule has 0 aliphatic rings. The van der Waals surface area contributed by atoms with Crippen LogP contribution in [0, 0.1) is 5.41 Å². The van der Waals surface area contributed by atoms with E-state index in [0.717, 1.165) is 18.2 Å². The molecule has 4 nitrogen and oxygen atoms in total. The van der Waals surface area contributed by atoms with Gasteiger partial charge in [0.2, 0.25) is 0 Å². The molecule has 1 amide bonds. The molecular formula is C12H20BrN3O. The summed E-state index contributed by atoms with van der Waals surface area (Å²) in [6.45, 7) is 5.02. The number of nitrogens with zero attached hydrogens (tertiary/aromatic N) is 2. The van der Waals surface area contributed by atoms with Crippen LogP contribution in [0.15, 0.2) is 12.4 Å². The molecule has 1 rings (SSSR count). The van der Waals surface area contributed by atoms with Crippen LogP contribution in [0.3, 0.4) is 0 Å². The zero-order valence-corrected chi connectivity index (χ0v) is 12.2. The van der Waals surface area contributed by atoms with Gasteiger partial charge < -0.3 is 5.32 Å². The highest BCUT2D eigenvalue weighted by molar-refractivity contribution is 9.09. The number of alkyl halides is 1. The Bertz CT molecular complexity index is 374. The fourth-order valence-electron chi connectivity index (χ4n) is 1.59. The average molecular weight is 302 g/mol. The highest BCUT2D eigenvalue weighted by Crippen LogP contribution is 2.21. The van der Waals surface area contributed by atoms with E-state index in [-0.39, 0.29) is 11.3 Å². The van der Waals surface area contributed by atoms with Crippen molar-refractivity contribution >= 4 is 21.8 Å². The Balaban J connectivity index is 2.42. The second kappa shape index (κ2) is 6.19. The number of halogens is 1. The maximum atomic E-state index is 11.8. The molecule has 1 aromatic rings. The number of rotatable bonds is 6. The summed E-state index contributed by atoms with van der Waals surface area (Å²) in [5, 5.41) is 7.94. The Morgan fingerprint density at radius 2 is 2.29 bits per heavy atom. The van der Waals surface area contributed by atoms with Crippen LogP contribution in [0.2, 0.25) is 0 Å². The summed E-state index contributed by atoms with van der Waals surface area (Å²) in [5.74, 6) is -0.0509. The normalized spacial score (nSPS) is 11.5. The predicted octanol–water partition coefficient (Wildman–Crippen LogP) is 2.35. The smallest absolute Gasteiger partial charge is 0.254 e. The molecule has 0 saturated heterocycles. The molecule has 0 saturated carbocycles. The Kier molecular flexibility index (Phi) is 5.18. The molecule has 5 heteroatoms. The Morgan fingerprint density at radius 1 is 1.59 bits per heavy atom. The summed E-state index contributed by atoms with van der Waals surface area (Å²) < 4.78 is 1.63. The lowest BCUT2D eigenvalue weighted by Gasteiger charge is -2.24. The molecule has 0 atom stereocenters. The van der Waals surface area contributed by atoms with Crippen molar-refractivity contribution < 1.29 is 4.79 Å². The summed E-state index contributed by atoms with van der Waals surface area (Å²) in [4.78, 5) is 11.8. The Morgan fingerprint density at radius 3 is 2.82 bits per heavy atom. The molecule has 96 valence electrons. The second-order valence-corrected chi connectivity index (χ2v) is 5.84. The van der Waals surface area contributed by atoms with Gasteiger partial charge >= 0.3 is 0 Å². The van der Waals surface area contributed by atoms with E-state index in [9.17, 15) is 4.79 Å². The van der Waals surface area contributed by atoms with E-state index in [1.165, 1.54) is 0 Å². The largest absolute Gasteiger partial charge is 0.351 e. The fourth-order valence-corrected chi connectivity index (χ4v) is 1.87. The molecule has 0 aliphatic heterocycles. The van der Waals surface area contributed by atoms with Gasteiger partial charge in [-0.2, -0.15) is 5.10 Å². The van der Waals surface area contributed by atoms with Gasteiger partial charge in [0.05, 0.1) is 11.8 Å². The Labute approximate surface area is 111 Å². The van der Waals surface area contributed by atoms with Crippen molar-refractivity contribution in [2.24, 2.45) is 12.5 Å². The lowest BCUT2D eigenvalue weighted by molar-refractivity contribution is 0.0934. The van der Waals surface area contributed by atoms with Crippen LogP contribution in [0.1, 0.15) is 37.0 Å². The van der Waals surface area contributed by atoms with Crippen molar-refractivity contribution in [2.45, 2.75) is 26.7 Å². The van der Waals surface area contributed by atoms with Crippen LogP contribution in [0.5, 0.6) is 0 Å². The third kappa shape index (κ3) is 4.89. The van der Waals surface area contributed by atoms with Crippen molar-refractivity contribution in [3.8, 4) is 0 Å². The fraction of sp³-hybridized carbons (Fsp3) is 0.667. The van der Waals surface area contributed by atoms with Crippen molar-refractivity contribution in [1.29, 1.82) is 0 Å². The molecule has 0 aromatic carbocycles. The van der Waals surface area contributed by atoms with Crippen LogP contribution >= 0.6 is 15.9 Å². The van der Waals surface area contributed by atoms with E-state index in [0.29, 0.717) is 12.1 Å². The number of aryl methyl sites for hydroxylation is 1. The van der Waals surface area contributed by atoms with Gasteiger partial charge in [0.25, 0.3) is 5.91 Å². The van der Waals surface area contributed by atoms with Crippen LogP contribution in [0.25, 0.3) is 0 Å². The molecule has 1 heterocycles. The van der Waals surface area contributed by atoms with Crippen molar-refractivity contribution in [3.63, 3.8) is 0 Å². The monoisotopic (exact) mass is 301 g/mol. The molecular weight excluding hydrogens is 282 g/mol. The van der Waals surface area contributed by atoms with E-state index in [1.54, 1.807) is 24.1 Å². The SMILES string of the molecule is Cn1cc(C(=O)NCC(C)(C)CCCBr)cn1. The van der Waals surface area contributed by atoms with E-state index in [2.05, 4.69) is 40.2 Å². The van der Waals surface area contributed by atoms with Gasteiger partial charge in [0.15, 0.2) is 0 Å². The quantitative estimate of drug-likeness (QED) is 0.820. The zero-order valence-electron chi connectivity index (χ0n) is 10.7. The first-order valence-corrected chi connectivity index (χ1v) is 6.89. The maximum Gasteiger partial charge on any atom is 0.254 e. The molecule has 0 spiro atoms. The van der Waals surface area contributed by atoms with Gasteiger partial charge in [-0.15, -0.1) is 0 Å². The third-order valence-corrected chi connectivity index (χ3v) is 3.24. The lowest BCUT2D eigenvalue weighted by atomic mass is 9.88. The van der Waals surface area contributed by atoms with Gasteiger partial charge in [-0.05, 0) is 18.3 Å². The number of aromatic nitrogens is 2. The number of carbonyl (C=O) groups excluding carboxylic acids is 1. The molecule has 17 heavy (non-hydrogen) atoms.